The Balaban J connectivity index is 1.95. The van der Waals surface area contributed by atoms with Crippen LogP contribution in [-0.2, 0) is 11.8 Å². The van der Waals surface area contributed by atoms with Crippen molar-refractivity contribution in [2.24, 2.45) is 12.5 Å². The number of nitrogen functional groups attached to an aromatic ring is 1. The Bertz CT molecular complexity index is 477. The highest BCUT2D eigenvalue weighted by Crippen LogP contribution is 2.48. The minimum absolute atomic E-state index is 0.149. The molecule has 0 aromatic carbocycles. The molecule has 1 aromatic heterocycles. The summed E-state index contributed by atoms with van der Waals surface area (Å²) in [5.74, 6) is -0.149. The van der Waals surface area contributed by atoms with Gasteiger partial charge in [-0.05, 0) is 31.6 Å². The van der Waals surface area contributed by atoms with E-state index in [9.17, 15) is 4.79 Å². The van der Waals surface area contributed by atoms with Gasteiger partial charge in [0.25, 0.3) is 5.91 Å². The summed E-state index contributed by atoms with van der Waals surface area (Å²) in [5, 5.41) is 7.12. The standard InChI is InChI=1S/C13H22N4O2/c1-9-10(14)11(17(2)16-9)12(18)15-8-13(4-5-13)6-7-19-3/h4-8,14H2,1-3H3,(H,15,18). The van der Waals surface area contributed by atoms with Crippen molar-refractivity contribution < 1.29 is 9.53 Å². The summed E-state index contributed by atoms with van der Waals surface area (Å²) < 4.78 is 6.64. The zero-order valence-corrected chi connectivity index (χ0v) is 11.8. The Hall–Kier alpha value is -1.56. The van der Waals surface area contributed by atoms with Crippen LogP contribution in [0.3, 0.4) is 0 Å². The number of ether oxygens (including phenoxy) is 1. The van der Waals surface area contributed by atoms with Crippen LogP contribution in [0.4, 0.5) is 5.69 Å². The fraction of sp³-hybridized carbons (Fsp3) is 0.692. The monoisotopic (exact) mass is 266 g/mol. The van der Waals surface area contributed by atoms with E-state index in [1.165, 1.54) is 4.68 Å². The zero-order chi connectivity index (χ0) is 14.0. The number of hydrogen-bond donors (Lipinski definition) is 2. The van der Waals surface area contributed by atoms with Crippen molar-refractivity contribution in [2.75, 3.05) is 26.0 Å². The van der Waals surface area contributed by atoms with E-state index in [1.807, 2.05) is 0 Å². The van der Waals surface area contributed by atoms with E-state index >= 15 is 0 Å². The number of carbonyl (C=O) groups excluding carboxylic acids is 1. The van der Waals surface area contributed by atoms with E-state index < -0.39 is 0 Å². The number of anilines is 1. The van der Waals surface area contributed by atoms with E-state index in [0.717, 1.165) is 25.9 Å². The molecule has 1 amide bonds. The smallest absolute Gasteiger partial charge is 0.271 e. The van der Waals surface area contributed by atoms with Gasteiger partial charge in [0.05, 0.1) is 11.4 Å². The molecule has 1 aliphatic rings. The number of nitrogens with one attached hydrogen (secondary N) is 1. The second kappa shape index (κ2) is 5.21. The van der Waals surface area contributed by atoms with Crippen molar-refractivity contribution in [3.63, 3.8) is 0 Å². The first kappa shape index (κ1) is 13.9. The van der Waals surface area contributed by atoms with Crippen LogP contribution in [0.2, 0.25) is 0 Å². The lowest BCUT2D eigenvalue weighted by molar-refractivity contribution is 0.0929. The number of nitrogens with zero attached hydrogens (tertiary/aromatic N) is 2. The third-order valence-electron chi connectivity index (χ3n) is 3.90. The molecule has 19 heavy (non-hydrogen) atoms. The van der Waals surface area contributed by atoms with Crippen LogP contribution in [0.5, 0.6) is 0 Å². The van der Waals surface area contributed by atoms with Crippen LogP contribution in [0.1, 0.15) is 35.4 Å². The summed E-state index contributed by atoms with van der Waals surface area (Å²) in [6, 6.07) is 0. The molecular formula is C13H22N4O2. The van der Waals surface area contributed by atoms with Crippen LogP contribution in [0.15, 0.2) is 0 Å². The first-order valence-corrected chi connectivity index (χ1v) is 6.55. The molecule has 2 rings (SSSR count). The predicted octanol–water partition coefficient (Wildman–Crippen LogP) is 0.857. The number of aromatic nitrogens is 2. The third-order valence-corrected chi connectivity index (χ3v) is 3.90. The van der Waals surface area contributed by atoms with Gasteiger partial charge in [-0.25, -0.2) is 0 Å². The maximum atomic E-state index is 12.2. The molecule has 6 heteroatoms. The van der Waals surface area contributed by atoms with Gasteiger partial charge in [-0.3, -0.25) is 9.48 Å². The van der Waals surface area contributed by atoms with Crippen LogP contribution >= 0.6 is 0 Å². The quantitative estimate of drug-likeness (QED) is 0.800. The zero-order valence-electron chi connectivity index (χ0n) is 11.8. The molecule has 0 unspecified atom stereocenters. The third kappa shape index (κ3) is 2.89. The SMILES string of the molecule is COCCC1(CNC(=O)c2c(N)c(C)nn2C)CC1. The van der Waals surface area contributed by atoms with Gasteiger partial charge in [0.15, 0.2) is 0 Å². The fourth-order valence-corrected chi connectivity index (χ4v) is 2.31. The van der Waals surface area contributed by atoms with E-state index in [1.54, 1.807) is 21.1 Å². The molecule has 106 valence electrons. The first-order valence-electron chi connectivity index (χ1n) is 6.55. The molecule has 0 bridgehead atoms. The number of nitrogens with two attached hydrogens (primary N) is 1. The lowest BCUT2D eigenvalue weighted by Gasteiger charge is -2.15. The molecule has 1 heterocycles. The van der Waals surface area contributed by atoms with Gasteiger partial charge in [-0.2, -0.15) is 5.10 Å². The lowest BCUT2D eigenvalue weighted by Crippen LogP contribution is -2.32. The molecule has 0 atom stereocenters. The van der Waals surface area contributed by atoms with Crippen molar-refractivity contribution in [2.45, 2.75) is 26.2 Å². The van der Waals surface area contributed by atoms with Crippen molar-refractivity contribution in [3.8, 4) is 0 Å². The maximum absolute atomic E-state index is 12.2. The van der Waals surface area contributed by atoms with E-state index in [4.69, 9.17) is 10.5 Å². The maximum Gasteiger partial charge on any atom is 0.271 e. The van der Waals surface area contributed by atoms with Crippen molar-refractivity contribution >= 4 is 11.6 Å². The lowest BCUT2D eigenvalue weighted by atomic mass is 10.0. The van der Waals surface area contributed by atoms with Gasteiger partial charge in [0.1, 0.15) is 5.69 Å². The molecule has 1 aromatic rings. The number of aryl methyl sites for hydroxylation is 2. The van der Waals surface area contributed by atoms with Crippen LogP contribution < -0.4 is 11.1 Å². The topological polar surface area (TPSA) is 82.2 Å². The first-order chi connectivity index (χ1) is 8.99. The molecule has 3 N–H and O–H groups in total. The molecule has 1 aliphatic carbocycles. The molecule has 0 aliphatic heterocycles. The summed E-state index contributed by atoms with van der Waals surface area (Å²) >= 11 is 0. The van der Waals surface area contributed by atoms with Gasteiger partial charge in [0, 0.05) is 27.3 Å². The highest BCUT2D eigenvalue weighted by molar-refractivity contribution is 5.97. The van der Waals surface area contributed by atoms with Gasteiger partial charge in [-0.15, -0.1) is 0 Å². The fourth-order valence-electron chi connectivity index (χ4n) is 2.31. The van der Waals surface area contributed by atoms with Gasteiger partial charge in [0.2, 0.25) is 0 Å². The molecule has 6 nitrogen and oxygen atoms in total. The summed E-state index contributed by atoms with van der Waals surface area (Å²) in [6.07, 6.45) is 3.29. The average molecular weight is 266 g/mol. The molecule has 1 saturated carbocycles. The van der Waals surface area contributed by atoms with Gasteiger partial charge < -0.3 is 15.8 Å². The minimum atomic E-state index is -0.149. The predicted molar refractivity (Wildman–Crippen MR) is 72.9 cm³/mol. The number of methoxy groups -OCH3 is 1. The summed E-state index contributed by atoms with van der Waals surface area (Å²) in [5.41, 5.74) is 7.70. The van der Waals surface area contributed by atoms with Crippen molar-refractivity contribution in [3.05, 3.63) is 11.4 Å². The number of carbonyl (C=O) groups is 1. The highest BCUT2D eigenvalue weighted by atomic mass is 16.5. The Labute approximate surface area is 113 Å². The van der Waals surface area contributed by atoms with Crippen LogP contribution in [-0.4, -0.2) is 35.9 Å². The van der Waals surface area contributed by atoms with E-state index in [2.05, 4.69) is 10.4 Å². The molecule has 0 saturated heterocycles. The molecule has 0 radical (unpaired) electrons. The van der Waals surface area contributed by atoms with E-state index in [0.29, 0.717) is 23.6 Å². The van der Waals surface area contributed by atoms with Gasteiger partial charge >= 0.3 is 0 Å². The Morgan fingerprint density at radius 3 is 2.74 bits per heavy atom. The highest BCUT2D eigenvalue weighted by Gasteiger charge is 2.42. The Kier molecular flexibility index (Phi) is 3.80. The normalized spacial score (nSPS) is 16.4. The van der Waals surface area contributed by atoms with E-state index in [-0.39, 0.29) is 11.3 Å². The molecule has 1 fully saturated rings. The second-order valence-corrected chi connectivity index (χ2v) is 5.40. The summed E-state index contributed by atoms with van der Waals surface area (Å²) in [4.78, 5) is 12.2. The number of hydrogen-bond acceptors (Lipinski definition) is 4. The summed E-state index contributed by atoms with van der Waals surface area (Å²) in [6.45, 7) is 3.22. The van der Waals surface area contributed by atoms with Crippen molar-refractivity contribution in [1.29, 1.82) is 0 Å². The van der Waals surface area contributed by atoms with Crippen LogP contribution in [0, 0.1) is 12.3 Å². The Morgan fingerprint density at radius 1 is 1.58 bits per heavy atom. The number of amides is 1. The second-order valence-electron chi connectivity index (χ2n) is 5.40. The minimum Gasteiger partial charge on any atom is -0.395 e. The van der Waals surface area contributed by atoms with Gasteiger partial charge in [-0.1, -0.05) is 0 Å². The summed E-state index contributed by atoms with van der Waals surface area (Å²) in [7, 11) is 3.43. The van der Waals surface area contributed by atoms with Crippen molar-refractivity contribution in [1.82, 2.24) is 15.1 Å². The van der Waals surface area contributed by atoms with Crippen LogP contribution in [0.25, 0.3) is 0 Å². The molecular weight excluding hydrogens is 244 g/mol. The largest absolute Gasteiger partial charge is 0.395 e. The molecule has 0 spiro atoms. The number of rotatable bonds is 6. The Morgan fingerprint density at radius 2 is 2.26 bits per heavy atom. The average Bonchev–Trinajstić information content (AvgIpc) is 3.09.